The minimum Gasteiger partial charge on any atom is -0.484 e. The van der Waals surface area contributed by atoms with Crippen LogP contribution in [-0.2, 0) is 6.61 Å². The summed E-state index contributed by atoms with van der Waals surface area (Å²) >= 11 is 3.23. The van der Waals surface area contributed by atoms with Crippen LogP contribution in [0.2, 0.25) is 0 Å². The zero-order chi connectivity index (χ0) is 13.8. The second-order valence-electron chi connectivity index (χ2n) is 3.82. The maximum atomic E-state index is 12.9. The molecule has 3 N–H and O–H groups in total. The molecule has 0 saturated heterocycles. The SMILES string of the molecule is Cc1cc(NN)nc(COc2ccc(F)cc2Br)n1. The zero-order valence-corrected chi connectivity index (χ0v) is 11.7. The molecule has 5 nitrogen and oxygen atoms in total. The average Bonchev–Trinajstić information content (AvgIpc) is 2.37. The first-order valence-corrected chi connectivity index (χ1v) is 6.27. The smallest absolute Gasteiger partial charge is 0.168 e. The van der Waals surface area contributed by atoms with Crippen molar-refractivity contribution in [3.63, 3.8) is 0 Å². The number of nitrogens with zero attached hydrogens (tertiary/aromatic N) is 2. The van der Waals surface area contributed by atoms with Crippen LogP contribution >= 0.6 is 15.9 Å². The van der Waals surface area contributed by atoms with E-state index in [4.69, 9.17) is 10.6 Å². The molecule has 0 aliphatic carbocycles. The molecule has 2 aromatic rings. The Balaban J connectivity index is 2.12. The second-order valence-corrected chi connectivity index (χ2v) is 4.67. The number of aromatic nitrogens is 2. The number of nitrogens with two attached hydrogens (primary N) is 1. The lowest BCUT2D eigenvalue weighted by atomic mass is 10.3. The number of ether oxygens (including phenoxy) is 1. The Bertz CT molecular complexity index is 594. The molecule has 1 heterocycles. The Kier molecular flexibility index (Phi) is 4.28. The summed E-state index contributed by atoms with van der Waals surface area (Å²) in [7, 11) is 0. The molecule has 0 saturated carbocycles. The van der Waals surface area contributed by atoms with Gasteiger partial charge in [-0.3, -0.25) is 0 Å². The molecule has 0 bridgehead atoms. The van der Waals surface area contributed by atoms with E-state index in [0.717, 1.165) is 5.69 Å². The van der Waals surface area contributed by atoms with Crippen molar-refractivity contribution in [1.82, 2.24) is 9.97 Å². The van der Waals surface area contributed by atoms with Gasteiger partial charge in [0.05, 0.1) is 4.47 Å². The van der Waals surface area contributed by atoms with Gasteiger partial charge in [0.1, 0.15) is 24.0 Å². The summed E-state index contributed by atoms with van der Waals surface area (Å²) in [6.45, 7) is 2.00. The Hall–Kier alpha value is -1.73. The van der Waals surface area contributed by atoms with Crippen molar-refractivity contribution >= 4 is 21.7 Å². The maximum absolute atomic E-state index is 12.9. The second kappa shape index (κ2) is 5.94. The number of hydrazine groups is 1. The number of hydrogen-bond acceptors (Lipinski definition) is 5. The fourth-order valence-electron chi connectivity index (χ4n) is 1.50. The fourth-order valence-corrected chi connectivity index (χ4v) is 1.97. The summed E-state index contributed by atoms with van der Waals surface area (Å²) < 4.78 is 19.0. The molecule has 0 unspecified atom stereocenters. The quantitative estimate of drug-likeness (QED) is 0.667. The van der Waals surface area contributed by atoms with Gasteiger partial charge in [-0.05, 0) is 41.1 Å². The normalized spacial score (nSPS) is 10.3. The van der Waals surface area contributed by atoms with Crippen molar-refractivity contribution in [2.45, 2.75) is 13.5 Å². The number of benzene rings is 1. The summed E-state index contributed by atoms with van der Waals surface area (Å²) in [4.78, 5) is 8.38. The topological polar surface area (TPSA) is 73.1 Å². The number of anilines is 1. The summed E-state index contributed by atoms with van der Waals surface area (Å²) in [5, 5.41) is 0. The number of halogens is 2. The largest absolute Gasteiger partial charge is 0.484 e. The fraction of sp³-hybridized carbons (Fsp3) is 0.167. The Labute approximate surface area is 118 Å². The highest BCUT2D eigenvalue weighted by atomic mass is 79.9. The molecule has 0 amide bonds. The van der Waals surface area contributed by atoms with Gasteiger partial charge in [-0.2, -0.15) is 0 Å². The van der Waals surface area contributed by atoms with Gasteiger partial charge in [0, 0.05) is 11.8 Å². The number of nitrogen functional groups attached to an aromatic ring is 1. The minimum atomic E-state index is -0.333. The van der Waals surface area contributed by atoms with Crippen LogP contribution in [0, 0.1) is 12.7 Å². The van der Waals surface area contributed by atoms with Gasteiger partial charge < -0.3 is 10.2 Å². The molecule has 1 aromatic carbocycles. The third kappa shape index (κ3) is 3.62. The highest BCUT2D eigenvalue weighted by Gasteiger charge is 2.06. The van der Waals surface area contributed by atoms with Crippen LogP contribution < -0.4 is 16.0 Å². The van der Waals surface area contributed by atoms with Gasteiger partial charge in [-0.15, -0.1) is 0 Å². The average molecular weight is 327 g/mol. The van der Waals surface area contributed by atoms with E-state index in [2.05, 4.69) is 31.3 Å². The van der Waals surface area contributed by atoms with Crippen LogP contribution in [0.4, 0.5) is 10.2 Å². The molecule has 19 heavy (non-hydrogen) atoms. The van der Waals surface area contributed by atoms with Crippen molar-refractivity contribution in [1.29, 1.82) is 0 Å². The first-order valence-electron chi connectivity index (χ1n) is 5.47. The summed E-state index contributed by atoms with van der Waals surface area (Å²) in [6, 6.07) is 5.91. The Morgan fingerprint density at radius 3 is 2.84 bits per heavy atom. The standard InChI is InChI=1S/C12H12BrFN4O/c1-7-4-11(18-15)17-12(16-7)6-19-10-3-2-8(14)5-9(10)13/h2-5H,6,15H2,1H3,(H,16,17,18). The van der Waals surface area contributed by atoms with Gasteiger partial charge in [0.15, 0.2) is 5.82 Å². The van der Waals surface area contributed by atoms with Crippen molar-refractivity contribution < 1.29 is 9.13 Å². The molecule has 100 valence electrons. The first kappa shape index (κ1) is 13.7. The van der Waals surface area contributed by atoms with E-state index in [-0.39, 0.29) is 12.4 Å². The highest BCUT2D eigenvalue weighted by Crippen LogP contribution is 2.26. The molecule has 2 rings (SSSR count). The Morgan fingerprint density at radius 1 is 1.37 bits per heavy atom. The lowest BCUT2D eigenvalue weighted by Crippen LogP contribution is -2.12. The van der Waals surface area contributed by atoms with E-state index >= 15 is 0 Å². The lowest BCUT2D eigenvalue weighted by molar-refractivity contribution is 0.293. The van der Waals surface area contributed by atoms with Gasteiger partial charge in [-0.25, -0.2) is 20.2 Å². The summed E-state index contributed by atoms with van der Waals surface area (Å²) in [6.07, 6.45) is 0. The molecule has 7 heteroatoms. The van der Waals surface area contributed by atoms with Crippen molar-refractivity contribution in [2.24, 2.45) is 5.84 Å². The van der Waals surface area contributed by atoms with Gasteiger partial charge in [0.25, 0.3) is 0 Å². The van der Waals surface area contributed by atoms with Gasteiger partial charge in [-0.1, -0.05) is 0 Å². The van der Waals surface area contributed by atoms with E-state index in [1.165, 1.54) is 18.2 Å². The van der Waals surface area contributed by atoms with Crippen LogP contribution in [0.15, 0.2) is 28.7 Å². The predicted molar refractivity (Wildman–Crippen MR) is 73.0 cm³/mol. The van der Waals surface area contributed by atoms with Crippen molar-refractivity contribution in [3.05, 3.63) is 46.1 Å². The van der Waals surface area contributed by atoms with Crippen molar-refractivity contribution in [2.75, 3.05) is 5.43 Å². The number of nitrogens with one attached hydrogen (secondary N) is 1. The van der Waals surface area contributed by atoms with E-state index in [1.54, 1.807) is 6.07 Å². The predicted octanol–water partition coefficient (Wildman–Crippen LogP) is 2.55. The Morgan fingerprint density at radius 2 is 2.16 bits per heavy atom. The molecule has 0 aliphatic rings. The summed E-state index contributed by atoms with van der Waals surface area (Å²) in [5.41, 5.74) is 3.24. The molecular weight excluding hydrogens is 315 g/mol. The van der Waals surface area contributed by atoms with E-state index in [1.807, 2.05) is 6.92 Å². The highest BCUT2D eigenvalue weighted by molar-refractivity contribution is 9.10. The van der Waals surface area contributed by atoms with E-state index in [0.29, 0.717) is 21.9 Å². The monoisotopic (exact) mass is 326 g/mol. The molecule has 0 radical (unpaired) electrons. The first-order chi connectivity index (χ1) is 9.08. The van der Waals surface area contributed by atoms with Gasteiger partial charge in [0.2, 0.25) is 0 Å². The number of hydrogen-bond donors (Lipinski definition) is 2. The molecular formula is C12H12BrFN4O. The third-order valence-electron chi connectivity index (χ3n) is 2.30. The number of rotatable bonds is 4. The molecule has 1 aromatic heterocycles. The molecule has 0 spiro atoms. The van der Waals surface area contributed by atoms with Crippen LogP contribution in [0.5, 0.6) is 5.75 Å². The van der Waals surface area contributed by atoms with Crippen LogP contribution in [-0.4, -0.2) is 9.97 Å². The third-order valence-corrected chi connectivity index (χ3v) is 2.92. The summed E-state index contributed by atoms with van der Waals surface area (Å²) in [5.74, 6) is 6.50. The number of aryl methyl sites for hydroxylation is 1. The van der Waals surface area contributed by atoms with Crippen LogP contribution in [0.25, 0.3) is 0 Å². The van der Waals surface area contributed by atoms with Crippen molar-refractivity contribution in [3.8, 4) is 5.75 Å². The van der Waals surface area contributed by atoms with E-state index < -0.39 is 0 Å². The van der Waals surface area contributed by atoms with Crippen LogP contribution in [0.1, 0.15) is 11.5 Å². The molecule has 0 atom stereocenters. The zero-order valence-electron chi connectivity index (χ0n) is 10.2. The van der Waals surface area contributed by atoms with E-state index in [9.17, 15) is 4.39 Å². The molecule has 0 fully saturated rings. The minimum absolute atomic E-state index is 0.167. The van der Waals surface area contributed by atoms with Gasteiger partial charge >= 0.3 is 0 Å². The maximum Gasteiger partial charge on any atom is 0.168 e. The molecule has 0 aliphatic heterocycles. The lowest BCUT2D eigenvalue weighted by Gasteiger charge is -2.09. The van der Waals surface area contributed by atoms with Crippen LogP contribution in [0.3, 0.4) is 0 Å².